The van der Waals surface area contributed by atoms with Crippen molar-refractivity contribution in [1.29, 1.82) is 0 Å². The zero-order valence-electron chi connectivity index (χ0n) is 32.9. The second kappa shape index (κ2) is 15.1. The Morgan fingerprint density at radius 3 is 1.87 bits per heavy atom. The molecule has 4 aliphatic carbocycles. The maximum absolute atomic E-state index is 12.6. The van der Waals surface area contributed by atoms with Gasteiger partial charge in [0.2, 0.25) is 0 Å². The Balaban J connectivity index is 0.837. The van der Waals surface area contributed by atoms with E-state index in [-0.39, 0.29) is 61.1 Å². The molecule has 55 heavy (non-hydrogen) atoms. The van der Waals surface area contributed by atoms with Crippen LogP contribution in [-0.4, -0.2) is 135 Å². The topological polar surface area (TPSA) is 203 Å². The summed E-state index contributed by atoms with van der Waals surface area (Å²) >= 11 is 0. The quantitative estimate of drug-likeness (QED) is 0.162. The van der Waals surface area contributed by atoms with Gasteiger partial charge >= 0.3 is 5.97 Å². The van der Waals surface area contributed by atoms with Crippen LogP contribution < -0.4 is 0 Å². The molecule has 0 spiro atoms. The molecule has 8 rings (SSSR count). The minimum absolute atomic E-state index is 0.0452. The van der Waals surface area contributed by atoms with Crippen LogP contribution in [0.2, 0.25) is 0 Å². The number of hydrogen-bond acceptors (Lipinski definition) is 14. The first-order valence-electron chi connectivity index (χ1n) is 20.9. The molecule has 4 heterocycles. The Morgan fingerprint density at radius 1 is 0.691 bits per heavy atom. The van der Waals surface area contributed by atoms with E-state index in [9.17, 15) is 35.4 Å². The summed E-state index contributed by atoms with van der Waals surface area (Å²) in [5.74, 6) is 0.204. The molecule has 8 aliphatic rings. The molecule has 4 unspecified atom stereocenters. The van der Waals surface area contributed by atoms with Gasteiger partial charge in [-0.15, -0.1) is 0 Å². The Morgan fingerprint density at radius 2 is 1.29 bits per heavy atom. The molecule has 3 saturated heterocycles. The first kappa shape index (κ1) is 40.5. The molecule has 0 amide bonds. The zero-order valence-corrected chi connectivity index (χ0v) is 32.9. The molecule has 4 aliphatic heterocycles. The Hall–Kier alpha value is -1.27. The number of esters is 1. The first-order valence-corrected chi connectivity index (χ1v) is 20.9. The molecule has 14 nitrogen and oxygen atoms in total. The number of cyclic esters (lactones) is 1. The summed E-state index contributed by atoms with van der Waals surface area (Å²) < 4.78 is 42.1. The number of hydrogen-bond donors (Lipinski definition) is 6. The van der Waals surface area contributed by atoms with Gasteiger partial charge < -0.3 is 63.8 Å². The van der Waals surface area contributed by atoms with Crippen LogP contribution in [0.3, 0.4) is 0 Å². The lowest BCUT2D eigenvalue weighted by Crippen LogP contribution is -2.67. The highest BCUT2D eigenvalue weighted by atomic mass is 16.7. The largest absolute Gasteiger partial charge is 0.458 e. The Labute approximate surface area is 323 Å². The van der Waals surface area contributed by atoms with Gasteiger partial charge in [-0.3, -0.25) is 0 Å². The lowest BCUT2D eigenvalue weighted by Gasteiger charge is -2.65. The maximum Gasteiger partial charge on any atom is 0.331 e. The maximum atomic E-state index is 12.6. The molecule has 4 saturated carbocycles. The smallest absolute Gasteiger partial charge is 0.331 e. The Bertz CT molecular complexity index is 1410. The summed E-state index contributed by atoms with van der Waals surface area (Å²) in [5.41, 5.74) is -0.892. The number of rotatable bonds is 7. The van der Waals surface area contributed by atoms with Gasteiger partial charge in [-0.1, -0.05) is 13.8 Å². The number of fused-ring (bicyclic) bond motifs is 5. The van der Waals surface area contributed by atoms with E-state index in [0.29, 0.717) is 18.8 Å². The number of carbonyl (C=O) groups is 1. The van der Waals surface area contributed by atoms with E-state index < -0.39 is 90.9 Å². The van der Waals surface area contributed by atoms with Gasteiger partial charge in [0.1, 0.15) is 24.9 Å². The minimum atomic E-state index is -1.01. The fourth-order valence-corrected chi connectivity index (χ4v) is 12.8. The molecule has 6 N–H and O–H groups in total. The van der Waals surface area contributed by atoms with E-state index in [1.54, 1.807) is 19.9 Å². The van der Waals surface area contributed by atoms with Crippen molar-refractivity contribution in [2.24, 2.45) is 34.5 Å². The highest BCUT2D eigenvalue weighted by molar-refractivity contribution is 5.85. The third-order valence-corrected chi connectivity index (χ3v) is 16.0. The lowest BCUT2D eigenvalue weighted by atomic mass is 9.42. The van der Waals surface area contributed by atoms with E-state index in [4.69, 9.17) is 33.2 Å². The molecule has 21 atom stereocenters. The average molecular weight is 781 g/mol. The van der Waals surface area contributed by atoms with Crippen LogP contribution >= 0.6 is 0 Å². The number of aliphatic hydroxyl groups is 6. The molecule has 0 aromatic carbocycles. The standard InChI is InChI=1S/C41H64O14/c1-19-36(47)28(42)15-34(50-19)54-38-21(3)52-35(17-30(38)44)55-37-20(2)51-33(16-29(37)43)53-24-8-10-39(4)23(13-24)6-7-26-27(39)14-31(45)40(5)25(9-11-41(26,40)48)22-12-32(46)49-18-22/h12,19-21,23-31,33-38,42-45,47-48H,6-11,13-18H2,1-5H3/t19?,20?,21?,23-,24?,25-,26-,27+,28-,29-,30-,31-,33+,34+,35+,36+,37+,38+,39+,40+,41+/m1/s1. The Kier molecular flexibility index (Phi) is 11.1. The third-order valence-electron chi connectivity index (χ3n) is 16.0. The predicted octanol–water partition coefficient (Wildman–Crippen LogP) is 2.22. The van der Waals surface area contributed by atoms with Gasteiger partial charge in [0.05, 0.1) is 54.4 Å². The summed E-state index contributed by atoms with van der Waals surface area (Å²) in [5, 5.41) is 66.9. The molecule has 0 aromatic heterocycles. The highest BCUT2D eigenvalue weighted by Crippen LogP contribution is 2.70. The molecule has 0 radical (unpaired) electrons. The van der Waals surface area contributed by atoms with Crippen LogP contribution in [0.15, 0.2) is 11.6 Å². The molecular formula is C41H64O14. The van der Waals surface area contributed by atoms with Crippen molar-refractivity contribution < 1.29 is 68.6 Å². The van der Waals surface area contributed by atoms with Gasteiger partial charge in [0.15, 0.2) is 18.9 Å². The van der Waals surface area contributed by atoms with Gasteiger partial charge in [-0.25, -0.2) is 4.79 Å². The normalized spacial score (nSPS) is 55.5. The van der Waals surface area contributed by atoms with Crippen molar-refractivity contribution in [3.05, 3.63) is 11.6 Å². The van der Waals surface area contributed by atoms with Crippen molar-refractivity contribution >= 4 is 5.97 Å². The van der Waals surface area contributed by atoms with Gasteiger partial charge in [0.25, 0.3) is 0 Å². The SMILES string of the molecule is CC1O[C@@H](O[C@H]2C(C)O[C@@H](O[C@H]3C(C)O[C@@H](OC4CC[C@@]5(C)[C@H](CC[C@@H]6[C@@H]5C[C@@H](O)[C@]5(C)[C@@H](C7=CC(=O)OC7)CC[C@]65O)C4)C[C@H]3O)C[C@H]2O)C[C@@H](O)[C@H]1O. The van der Waals surface area contributed by atoms with E-state index in [1.165, 1.54) is 0 Å². The second-order valence-corrected chi connectivity index (χ2v) is 18.8. The van der Waals surface area contributed by atoms with Crippen LogP contribution in [0.5, 0.6) is 0 Å². The van der Waals surface area contributed by atoms with Crippen LogP contribution in [0, 0.1) is 34.5 Å². The van der Waals surface area contributed by atoms with Crippen molar-refractivity contribution in [2.45, 2.75) is 197 Å². The van der Waals surface area contributed by atoms with Crippen molar-refractivity contribution in [1.82, 2.24) is 0 Å². The number of ether oxygens (including phenoxy) is 7. The predicted molar refractivity (Wildman–Crippen MR) is 193 cm³/mol. The summed E-state index contributed by atoms with van der Waals surface area (Å²) in [4.78, 5) is 11.9. The summed E-state index contributed by atoms with van der Waals surface area (Å²) in [6, 6.07) is 0. The van der Waals surface area contributed by atoms with Crippen LogP contribution in [0.1, 0.15) is 105 Å². The van der Waals surface area contributed by atoms with Gasteiger partial charge in [0, 0.05) is 30.8 Å². The van der Waals surface area contributed by atoms with Crippen LogP contribution in [0.25, 0.3) is 0 Å². The monoisotopic (exact) mass is 780 g/mol. The van der Waals surface area contributed by atoms with E-state index in [0.717, 1.165) is 44.1 Å². The van der Waals surface area contributed by atoms with Crippen molar-refractivity contribution in [2.75, 3.05) is 6.61 Å². The second-order valence-electron chi connectivity index (χ2n) is 18.8. The number of carbonyl (C=O) groups excluding carboxylic acids is 1. The molecular weight excluding hydrogens is 716 g/mol. The van der Waals surface area contributed by atoms with E-state index >= 15 is 0 Å². The molecule has 312 valence electrons. The molecule has 0 aromatic rings. The van der Waals surface area contributed by atoms with E-state index in [1.807, 2.05) is 13.8 Å². The summed E-state index contributed by atoms with van der Waals surface area (Å²) in [6.07, 6.45) is -1.51. The van der Waals surface area contributed by atoms with Crippen LogP contribution in [-0.2, 0) is 38.0 Å². The average Bonchev–Trinajstić information content (AvgIpc) is 3.67. The fraction of sp³-hybridized carbons (Fsp3) is 0.927. The number of aliphatic hydroxyl groups excluding tert-OH is 5. The highest BCUT2D eigenvalue weighted by Gasteiger charge is 2.71. The summed E-state index contributed by atoms with van der Waals surface area (Å²) in [7, 11) is 0. The zero-order chi connectivity index (χ0) is 39.2. The molecule has 0 bridgehead atoms. The molecule has 7 fully saturated rings. The molecule has 14 heteroatoms. The van der Waals surface area contributed by atoms with Crippen molar-refractivity contribution in [3.63, 3.8) is 0 Å². The fourth-order valence-electron chi connectivity index (χ4n) is 12.8. The van der Waals surface area contributed by atoms with E-state index in [2.05, 4.69) is 6.92 Å². The van der Waals surface area contributed by atoms with Gasteiger partial charge in [-0.05, 0) is 107 Å². The first-order chi connectivity index (χ1) is 26.0. The van der Waals surface area contributed by atoms with Crippen molar-refractivity contribution in [3.8, 4) is 0 Å². The lowest BCUT2D eigenvalue weighted by molar-refractivity contribution is -0.336. The van der Waals surface area contributed by atoms with Gasteiger partial charge in [-0.2, -0.15) is 0 Å². The van der Waals surface area contributed by atoms with Crippen LogP contribution in [0.4, 0.5) is 0 Å². The minimum Gasteiger partial charge on any atom is -0.458 e. The third kappa shape index (κ3) is 6.95. The summed E-state index contributed by atoms with van der Waals surface area (Å²) in [6.45, 7) is 9.90.